The van der Waals surface area contributed by atoms with E-state index in [2.05, 4.69) is 31.9 Å². The van der Waals surface area contributed by atoms with Crippen molar-refractivity contribution in [3.63, 3.8) is 0 Å². The first-order valence-electron chi connectivity index (χ1n) is 8.14. The highest BCUT2D eigenvalue weighted by atomic mass is 16.5. The van der Waals surface area contributed by atoms with Crippen molar-refractivity contribution in [2.24, 2.45) is 0 Å². The van der Waals surface area contributed by atoms with Gasteiger partial charge in [0.05, 0.1) is 0 Å². The minimum atomic E-state index is -0.432. The van der Waals surface area contributed by atoms with Gasteiger partial charge in [-0.3, -0.25) is 0 Å². The Kier molecular flexibility index (Phi) is 6.07. The molecule has 118 valence electrons. The minimum Gasteiger partial charge on any atom is -0.491 e. The van der Waals surface area contributed by atoms with Crippen LogP contribution in [0.2, 0.25) is 0 Å². The van der Waals surface area contributed by atoms with Gasteiger partial charge in [-0.2, -0.15) is 0 Å². The number of aliphatic hydroxyl groups is 1. The number of hydrogen-bond donors (Lipinski definition) is 1. The van der Waals surface area contributed by atoms with E-state index in [1.165, 1.54) is 43.2 Å². The van der Waals surface area contributed by atoms with Crippen LogP contribution < -0.4 is 4.74 Å². The molecule has 0 amide bonds. The minimum absolute atomic E-state index is 0.361. The predicted molar refractivity (Wildman–Crippen MR) is 86.9 cm³/mol. The molecule has 0 aliphatic heterocycles. The molecule has 1 saturated carbocycles. The fourth-order valence-corrected chi connectivity index (χ4v) is 3.05. The third-order valence-electron chi connectivity index (χ3n) is 4.62. The molecule has 3 heteroatoms. The largest absolute Gasteiger partial charge is 0.491 e. The molecule has 1 aliphatic rings. The molecule has 1 aromatic rings. The van der Waals surface area contributed by atoms with Crippen LogP contribution in [0, 0.1) is 13.8 Å². The highest BCUT2D eigenvalue weighted by molar-refractivity contribution is 5.33. The van der Waals surface area contributed by atoms with Crippen LogP contribution in [0.5, 0.6) is 5.75 Å². The molecule has 21 heavy (non-hydrogen) atoms. The molecule has 1 aliphatic carbocycles. The predicted octanol–water partition coefficient (Wildman–Crippen LogP) is 3.31. The van der Waals surface area contributed by atoms with Crippen molar-refractivity contribution in [1.29, 1.82) is 0 Å². The number of rotatable bonds is 6. The summed E-state index contributed by atoms with van der Waals surface area (Å²) < 4.78 is 5.72. The summed E-state index contributed by atoms with van der Waals surface area (Å²) in [5.74, 6) is 0.845. The highest BCUT2D eigenvalue weighted by Gasteiger charge is 2.20. The molecule has 0 aromatic heterocycles. The van der Waals surface area contributed by atoms with E-state index in [9.17, 15) is 5.11 Å². The van der Waals surface area contributed by atoms with Crippen molar-refractivity contribution >= 4 is 0 Å². The van der Waals surface area contributed by atoms with Crippen LogP contribution in [-0.4, -0.2) is 42.4 Å². The van der Waals surface area contributed by atoms with Gasteiger partial charge in [0, 0.05) is 12.6 Å². The lowest BCUT2D eigenvalue weighted by Crippen LogP contribution is -2.40. The first-order chi connectivity index (χ1) is 10.1. The molecular weight excluding hydrogens is 262 g/mol. The average molecular weight is 291 g/mol. The maximum atomic E-state index is 10.2. The molecule has 3 nitrogen and oxygen atoms in total. The standard InChI is InChI=1S/C18H29NO2/c1-14-9-10-18(11-15(14)2)21-13-17(20)12-19(3)16-7-5-4-6-8-16/h9-11,16-17,20H,4-8,12-13H2,1-3H3. The Balaban J connectivity index is 1.75. The van der Waals surface area contributed by atoms with Gasteiger partial charge in [0.25, 0.3) is 0 Å². The maximum Gasteiger partial charge on any atom is 0.119 e. The van der Waals surface area contributed by atoms with E-state index in [4.69, 9.17) is 4.74 Å². The van der Waals surface area contributed by atoms with Crippen LogP contribution in [0.1, 0.15) is 43.2 Å². The fraction of sp³-hybridized carbons (Fsp3) is 0.667. The summed E-state index contributed by atoms with van der Waals surface area (Å²) in [6.07, 6.45) is 6.11. The number of aryl methyl sites for hydroxylation is 2. The first kappa shape index (κ1) is 16.3. The number of hydrogen-bond acceptors (Lipinski definition) is 3. The third-order valence-corrected chi connectivity index (χ3v) is 4.62. The Morgan fingerprint density at radius 3 is 2.57 bits per heavy atom. The second-order valence-electron chi connectivity index (χ2n) is 6.44. The summed E-state index contributed by atoms with van der Waals surface area (Å²) in [5.41, 5.74) is 2.49. The molecule has 0 heterocycles. The van der Waals surface area contributed by atoms with E-state index in [1.54, 1.807) is 0 Å². The zero-order chi connectivity index (χ0) is 15.2. The molecular formula is C18H29NO2. The molecule has 0 radical (unpaired) electrons. The topological polar surface area (TPSA) is 32.7 Å². The number of nitrogens with zero attached hydrogens (tertiary/aromatic N) is 1. The van der Waals surface area contributed by atoms with E-state index in [0.29, 0.717) is 19.2 Å². The van der Waals surface area contributed by atoms with Gasteiger partial charge in [-0.15, -0.1) is 0 Å². The number of benzene rings is 1. The molecule has 0 spiro atoms. The molecule has 1 aromatic carbocycles. The lowest BCUT2D eigenvalue weighted by atomic mass is 9.94. The Labute approximate surface area is 128 Å². The van der Waals surface area contributed by atoms with Gasteiger partial charge in [0.15, 0.2) is 0 Å². The number of aliphatic hydroxyl groups excluding tert-OH is 1. The summed E-state index contributed by atoms with van der Waals surface area (Å²) >= 11 is 0. The Morgan fingerprint density at radius 2 is 1.90 bits per heavy atom. The lowest BCUT2D eigenvalue weighted by molar-refractivity contribution is 0.0561. The Morgan fingerprint density at radius 1 is 1.19 bits per heavy atom. The summed E-state index contributed by atoms with van der Waals surface area (Å²) in [6.45, 7) is 5.22. The normalized spacial score (nSPS) is 18.0. The van der Waals surface area contributed by atoms with E-state index >= 15 is 0 Å². The second kappa shape index (κ2) is 7.81. The van der Waals surface area contributed by atoms with Crippen molar-refractivity contribution in [3.05, 3.63) is 29.3 Å². The van der Waals surface area contributed by atoms with E-state index in [0.717, 1.165) is 5.75 Å². The Hall–Kier alpha value is -1.06. The highest BCUT2D eigenvalue weighted by Crippen LogP contribution is 2.22. The maximum absolute atomic E-state index is 10.2. The third kappa shape index (κ3) is 5.01. The molecule has 1 fully saturated rings. The van der Waals surface area contributed by atoms with Crippen LogP contribution >= 0.6 is 0 Å². The fourth-order valence-electron chi connectivity index (χ4n) is 3.05. The van der Waals surface area contributed by atoms with Crippen molar-refractivity contribution in [2.75, 3.05) is 20.2 Å². The summed E-state index contributed by atoms with van der Waals surface area (Å²) in [7, 11) is 2.12. The molecule has 0 bridgehead atoms. The summed E-state index contributed by atoms with van der Waals surface area (Å²) in [5, 5.41) is 10.2. The second-order valence-corrected chi connectivity index (χ2v) is 6.44. The van der Waals surface area contributed by atoms with Crippen LogP contribution in [0.15, 0.2) is 18.2 Å². The van der Waals surface area contributed by atoms with Crippen molar-refractivity contribution < 1.29 is 9.84 Å². The summed E-state index contributed by atoms with van der Waals surface area (Å²) in [4.78, 5) is 2.30. The van der Waals surface area contributed by atoms with Gasteiger partial charge in [-0.05, 0) is 57.0 Å². The lowest BCUT2D eigenvalue weighted by Gasteiger charge is -2.32. The van der Waals surface area contributed by atoms with Crippen molar-refractivity contribution in [2.45, 2.75) is 58.1 Å². The zero-order valence-corrected chi connectivity index (χ0v) is 13.6. The van der Waals surface area contributed by atoms with Crippen LogP contribution in [0.4, 0.5) is 0 Å². The van der Waals surface area contributed by atoms with Crippen molar-refractivity contribution in [1.82, 2.24) is 4.90 Å². The smallest absolute Gasteiger partial charge is 0.119 e. The SMILES string of the molecule is Cc1ccc(OCC(O)CN(C)C2CCCCC2)cc1C. The van der Waals surface area contributed by atoms with E-state index < -0.39 is 6.10 Å². The van der Waals surface area contributed by atoms with Gasteiger partial charge in [-0.1, -0.05) is 25.3 Å². The van der Waals surface area contributed by atoms with Crippen LogP contribution in [0.3, 0.4) is 0 Å². The zero-order valence-electron chi connectivity index (χ0n) is 13.6. The monoisotopic (exact) mass is 291 g/mol. The first-order valence-corrected chi connectivity index (χ1v) is 8.14. The van der Waals surface area contributed by atoms with Crippen LogP contribution in [-0.2, 0) is 0 Å². The van der Waals surface area contributed by atoms with Gasteiger partial charge in [0.2, 0.25) is 0 Å². The van der Waals surface area contributed by atoms with E-state index in [-0.39, 0.29) is 0 Å². The average Bonchev–Trinajstić information content (AvgIpc) is 2.49. The van der Waals surface area contributed by atoms with Gasteiger partial charge in [-0.25, -0.2) is 0 Å². The number of ether oxygens (including phenoxy) is 1. The molecule has 1 unspecified atom stereocenters. The Bertz CT molecular complexity index is 441. The van der Waals surface area contributed by atoms with Gasteiger partial charge >= 0.3 is 0 Å². The van der Waals surface area contributed by atoms with Gasteiger partial charge < -0.3 is 14.7 Å². The van der Waals surface area contributed by atoms with Crippen molar-refractivity contribution in [3.8, 4) is 5.75 Å². The number of likely N-dealkylation sites (N-methyl/N-ethyl adjacent to an activating group) is 1. The molecule has 0 saturated heterocycles. The van der Waals surface area contributed by atoms with Crippen LogP contribution in [0.25, 0.3) is 0 Å². The van der Waals surface area contributed by atoms with Gasteiger partial charge in [0.1, 0.15) is 18.5 Å². The molecule has 1 N–H and O–H groups in total. The molecule has 2 rings (SSSR count). The summed E-state index contributed by atoms with van der Waals surface area (Å²) in [6, 6.07) is 6.70. The van der Waals surface area contributed by atoms with E-state index in [1.807, 2.05) is 12.1 Å². The quantitative estimate of drug-likeness (QED) is 0.873. The molecule has 1 atom stereocenters.